The van der Waals surface area contributed by atoms with Crippen LogP contribution >= 0.6 is 0 Å². The standard InChI is InChI=1S/C9H11O2/c1-6(2)8-5-7(10)3-4-9(8)11/h3-6,11H,1-2H3. The quantitative estimate of drug-likeness (QED) is 0.658. The normalized spacial score (nSPS) is 10.5. The number of hydrogen-bond acceptors (Lipinski definition) is 1. The van der Waals surface area contributed by atoms with Crippen molar-refractivity contribution in [1.29, 1.82) is 0 Å². The summed E-state index contributed by atoms with van der Waals surface area (Å²) in [4.78, 5) is 0. The Labute approximate surface area is 66.1 Å². The zero-order chi connectivity index (χ0) is 8.43. The zero-order valence-corrected chi connectivity index (χ0v) is 6.66. The van der Waals surface area contributed by atoms with E-state index in [1.807, 2.05) is 13.8 Å². The van der Waals surface area contributed by atoms with E-state index in [9.17, 15) is 10.2 Å². The predicted octanol–water partition coefficient (Wildman–Crippen LogP) is 2.66. The van der Waals surface area contributed by atoms with Gasteiger partial charge in [0.15, 0.2) is 5.75 Å². The number of aromatic hydroxyl groups is 1. The van der Waals surface area contributed by atoms with Crippen molar-refractivity contribution < 1.29 is 10.2 Å². The average molecular weight is 151 g/mol. The lowest BCUT2D eigenvalue weighted by Crippen LogP contribution is -1.86. The van der Waals surface area contributed by atoms with Gasteiger partial charge >= 0.3 is 0 Å². The van der Waals surface area contributed by atoms with Gasteiger partial charge in [-0.1, -0.05) is 13.8 Å². The highest BCUT2D eigenvalue weighted by Gasteiger charge is 2.06. The second-order valence-electron chi connectivity index (χ2n) is 2.88. The topological polar surface area (TPSA) is 40.1 Å². The van der Waals surface area contributed by atoms with E-state index >= 15 is 0 Å². The number of hydrogen-bond donors (Lipinski definition) is 1. The molecule has 1 radical (unpaired) electrons. The van der Waals surface area contributed by atoms with Crippen LogP contribution in [0.3, 0.4) is 0 Å². The number of rotatable bonds is 1. The smallest absolute Gasteiger partial charge is 0.179 e. The molecule has 1 rings (SSSR count). The van der Waals surface area contributed by atoms with Crippen LogP contribution in [0.25, 0.3) is 0 Å². The monoisotopic (exact) mass is 151 g/mol. The summed E-state index contributed by atoms with van der Waals surface area (Å²) < 4.78 is 0. The van der Waals surface area contributed by atoms with Crippen LogP contribution in [0.15, 0.2) is 18.2 Å². The van der Waals surface area contributed by atoms with Gasteiger partial charge in [-0.25, -0.2) is 0 Å². The maximum atomic E-state index is 10.8. The Kier molecular flexibility index (Phi) is 2.03. The molecule has 2 nitrogen and oxygen atoms in total. The van der Waals surface area contributed by atoms with E-state index in [1.165, 1.54) is 18.2 Å². The Morgan fingerprint density at radius 3 is 2.45 bits per heavy atom. The van der Waals surface area contributed by atoms with Crippen LogP contribution in [0.1, 0.15) is 25.3 Å². The molecule has 1 aromatic rings. The Bertz CT molecular complexity index is 254. The minimum absolute atomic E-state index is 0.0495. The summed E-state index contributed by atoms with van der Waals surface area (Å²) in [5, 5.41) is 20.1. The molecule has 0 saturated heterocycles. The molecule has 0 saturated carbocycles. The fraction of sp³-hybridized carbons (Fsp3) is 0.333. The summed E-state index contributed by atoms with van der Waals surface area (Å²) in [5.41, 5.74) is 0.720. The van der Waals surface area contributed by atoms with Crippen LogP contribution in [-0.4, -0.2) is 5.11 Å². The second kappa shape index (κ2) is 2.82. The molecule has 1 N–H and O–H groups in total. The fourth-order valence-electron chi connectivity index (χ4n) is 0.995. The first kappa shape index (κ1) is 7.92. The molecule has 0 fully saturated rings. The molecule has 0 unspecified atom stereocenters. The lowest BCUT2D eigenvalue weighted by atomic mass is 10.0. The summed E-state index contributed by atoms with van der Waals surface area (Å²) in [6.45, 7) is 3.88. The van der Waals surface area contributed by atoms with Gasteiger partial charge in [0.25, 0.3) is 0 Å². The van der Waals surface area contributed by atoms with E-state index in [0.29, 0.717) is 0 Å². The lowest BCUT2D eigenvalue weighted by molar-refractivity contribution is 0.352. The molecule has 0 aliphatic heterocycles. The van der Waals surface area contributed by atoms with E-state index in [-0.39, 0.29) is 17.4 Å². The molecule has 11 heavy (non-hydrogen) atoms. The van der Waals surface area contributed by atoms with Gasteiger partial charge in [0.2, 0.25) is 0 Å². The first-order valence-corrected chi connectivity index (χ1v) is 3.61. The van der Waals surface area contributed by atoms with Crippen LogP contribution in [0.4, 0.5) is 0 Å². The Morgan fingerprint density at radius 1 is 1.36 bits per heavy atom. The predicted molar refractivity (Wildman–Crippen MR) is 42.3 cm³/mol. The van der Waals surface area contributed by atoms with Gasteiger partial charge in [0, 0.05) is 5.56 Å². The van der Waals surface area contributed by atoms with Gasteiger partial charge in [0.05, 0.1) is 0 Å². The summed E-state index contributed by atoms with van der Waals surface area (Å²) in [6.07, 6.45) is 0. The molecule has 2 heteroatoms. The van der Waals surface area contributed by atoms with Gasteiger partial charge in [-0.15, -0.1) is 0 Å². The molecule has 0 bridgehead atoms. The highest BCUT2D eigenvalue weighted by atomic mass is 16.3. The molecule has 0 atom stereocenters. The van der Waals surface area contributed by atoms with Crippen LogP contribution in [0, 0.1) is 0 Å². The number of phenols is 1. The largest absolute Gasteiger partial charge is 0.508 e. The van der Waals surface area contributed by atoms with E-state index in [0.717, 1.165) is 5.56 Å². The number of phenolic OH excluding ortho intramolecular Hbond substituents is 1. The minimum Gasteiger partial charge on any atom is -0.508 e. The summed E-state index contributed by atoms with van der Waals surface area (Å²) >= 11 is 0. The maximum Gasteiger partial charge on any atom is 0.179 e. The molecular weight excluding hydrogens is 140 g/mol. The van der Waals surface area contributed by atoms with Crippen LogP contribution in [0.2, 0.25) is 0 Å². The van der Waals surface area contributed by atoms with Crippen molar-refractivity contribution in [3.8, 4) is 11.5 Å². The molecule has 0 aliphatic rings. The van der Waals surface area contributed by atoms with Crippen molar-refractivity contribution in [3.63, 3.8) is 0 Å². The maximum absolute atomic E-state index is 10.8. The summed E-state index contributed by atoms with van der Waals surface area (Å²) in [6, 6.07) is 4.28. The molecule has 0 heterocycles. The van der Waals surface area contributed by atoms with Crippen molar-refractivity contribution in [1.82, 2.24) is 0 Å². The third-order valence-corrected chi connectivity index (χ3v) is 1.62. The highest BCUT2D eigenvalue weighted by molar-refractivity contribution is 5.40. The first-order valence-electron chi connectivity index (χ1n) is 3.61. The SMILES string of the molecule is CC(C)c1cc([O])ccc1O. The fourth-order valence-corrected chi connectivity index (χ4v) is 0.995. The van der Waals surface area contributed by atoms with Gasteiger partial charge < -0.3 is 5.11 Å². The second-order valence-corrected chi connectivity index (χ2v) is 2.88. The van der Waals surface area contributed by atoms with Crippen molar-refractivity contribution >= 4 is 0 Å². The van der Waals surface area contributed by atoms with Crippen LogP contribution in [0.5, 0.6) is 11.5 Å². The van der Waals surface area contributed by atoms with Crippen LogP contribution in [-0.2, 0) is 5.11 Å². The molecule has 0 aromatic heterocycles. The minimum atomic E-state index is -0.0495. The van der Waals surface area contributed by atoms with Crippen molar-refractivity contribution in [2.45, 2.75) is 19.8 Å². The van der Waals surface area contributed by atoms with Gasteiger partial charge in [-0.05, 0) is 24.1 Å². The van der Waals surface area contributed by atoms with Crippen molar-refractivity contribution in [3.05, 3.63) is 23.8 Å². The van der Waals surface area contributed by atoms with Crippen LogP contribution < -0.4 is 0 Å². The van der Waals surface area contributed by atoms with Crippen molar-refractivity contribution in [2.24, 2.45) is 0 Å². The summed E-state index contributed by atoms with van der Waals surface area (Å²) in [7, 11) is 0. The Balaban J connectivity index is 3.13. The molecule has 0 amide bonds. The zero-order valence-electron chi connectivity index (χ0n) is 6.66. The summed E-state index contributed by atoms with van der Waals surface area (Å²) in [5.74, 6) is 0.356. The molecular formula is C9H11O2. The number of benzene rings is 1. The average Bonchev–Trinajstić information content (AvgIpc) is 1.94. The van der Waals surface area contributed by atoms with Gasteiger partial charge in [-0.2, -0.15) is 0 Å². The molecule has 0 spiro atoms. The Hall–Kier alpha value is -1.18. The third-order valence-electron chi connectivity index (χ3n) is 1.62. The third kappa shape index (κ3) is 1.64. The highest BCUT2D eigenvalue weighted by Crippen LogP contribution is 2.28. The molecule has 0 aliphatic carbocycles. The van der Waals surface area contributed by atoms with Gasteiger partial charge in [0.1, 0.15) is 5.75 Å². The van der Waals surface area contributed by atoms with Crippen molar-refractivity contribution in [2.75, 3.05) is 0 Å². The van der Waals surface area contributed by atoms with E-state index in [2.05, 4.69) is 0 Å². The van der Waals surface area contributed by atoms with E-state index < -0.39 is 0 Å². The van der Waals surface area contributed by atoms with E-state index in [1.54, 1.807) is 0 Å². The molecule has 59 valence electrons. The molecule has 1 aromatic carbocycles. The first-order chi connectivity index (χ1) is 5.11. The van der Waals surface area contributed by atoms with E-state index in [4.69, 9.17) is 0 Å². The lowest BCUT2D eigenvalue weighted by Gasteiger charge is -2.06. The van der Waals surface area contributed by atoms with Gasteiger partial charge in [-0.3, -0.25) is 5.11 Å². The Morgan fingerprint density at radius 2 is 2.00 bits per heavy atom.